The van der Waals surface area contributed by atoms with E-state index in [1.54, 1.807) is 0 Å². The monoisotopic (exact) mass is 500 g/mol. The van der Waals surface area contributed by atoms with Crippen LogP contribution in [0.3, 0.4) is 0 Å². The van der Waals surface area contributed by atoms with E-state index in [4.69, 9.17) is 0 Å². The standard InChI is InChI=1S/C28H36N8O/c1-17-6-7-23-21(14-32-33-23)25(17)22-13-31-15-24-26(22)27(35-10-8-30-12-18(35)2)20(11-29)28(37)36(24)16-19-5-4-9-34(19)3/h6-7,14,18-19,22,30-31H,4-5,8-10,12-13,15-16H2,1-3H3,(H,32,33)/t18-,19-,22?/m0/s1. The van der Waals surface area contributed by atoms with E-state index in [1.807, 2.05) is 10.8 Å². The molecule has 3 aromatic rings. The van der Waals surface area contributed by atoms with Gasteiger partial charge in [-0.1, -0.05) is 6.07 Å². The molecule has 3 aliphatic rings. The summed E-state index contributed by atoms with van der Waals surface area (Å²) in [6.07, 6.45) is 4.12. The molecule has 2 fully saturated rings. The third-order valence-corrected chi connectivity index (χ3v) is 8.77. The molecule has 6 rings (SSSR count). The number of rotatable bonds is 4. The first-order chi connectivity index (χ1) is 18.0. The van der Waals surface area contributed by atoms with Gasteiger partial charge < -0.3 is 25.0 Å². The van der Waals surface area contributed by atoms with Crippen LogP contribution in [-0.4, -0.2) is 71.5 Å². The number of likely N-dealkylation sites (N-methyl/N-ethyl adjacent to an activating group) is 1. The molecule has 0 saturated carbocycles. The molecule has 3 aliphatic heterocycles. The van der Waals surface area contributed by atoms with Gasteiger partial charge in [0.05, 0.1) is 17.4 Å². The molecule has 0 bridgehead atoms. The number of nitriles is 1. The summed E-state index contributed by atoms with van der Waals surface area (Å²) in [7, 11) is 2.14. The van der Waals surface area contributed by atoms with Gasteiger partial charge in [0.25, 0.3) is 5.56 Å². The lowest BCUT2D eigenvalue weighted by molar-refractivity contribution is 0.276. The highest BCUT2D eigenvalue weighted by molar-refractivity contribution is 5.85. The van der Waals surface area contributed by atoms with E-state index < -0.39 is 0 Å². The third kappa shape index (κ3) is 3.95. The Labute approximate surface area is 217 Å². The molecule has 9 nitrogen and oxygen atoms in total. The van der Waals surface area contributed by atoms with Crippen LogP contribution >= 0.6 is 0 Å². The van der Waals surface area contributed by atoms with E-state index in [0.717, 1.165) is 73.4 Å². The Balaban J connectivity index is 1.64. The van der Waals surface area contributed by atoms with Crippen molar-refractivity contribution in [3.05, 3.63) is 56.6 Å². The van der Waals surface area contributed by atoms with Crippen LogP contribution in [0.1, 0.15) is 53.6 Å². The van der Waals surface area contributed by atoms with Gasteiger partial charge in [-0.2, -0.15) is 10.4 Å². The number of pyridine rings is 1. The van der Waals surface area contributed by atoms with Crippen LogP contribution in [0.15, 0.2) is 23.1 Å². The second kappa shape index (κ2) is 9.60. The van der Waals surface area contributed by atoms with Crippen LogP contribution in [0.25, 0.3) is 10.9 Å². The Morgan fingerprint density at radius 1 is 1.19 bits per heavy atom. The summed E-state index contributed by atoms with van der Waals surface area (Å²) in [5, 5.41) is 26.1. The molecule has 0 amide bonds. The lowest BCUT2D eigenvalue weighted by atomic mass is 9.81. The highest BCUT2D eigenvalue weighted by Gasteiger charge is 2.37. The minimum atomic E-state index is -0.150. The summed E-state index contributed by atoms with van der Waals surface area (Å²) < 4.78 is 1.93. The van der Waals surface area contributed by atoms with Crippen LogP contribution in [-0.2, 0) is 13.1 Å². The number of likely N-dealkylation sites (tertiary alicyclic amines) is 1. The van der Waals surface area contributed by atoms with Gasteiger partial charge in [-0.05, 0) is 57.5 Å². The van der Waals surface area contributed by atoms with Crippen LogP contribution in [0, 0.1) is 18.3 Å². The first kappa shape index (κ1) is 24.2. The van der Waals surface area contributed by atoms with Crippen LogP contribution in [0.5, 0.6) is 0 Å². The quantitative estimate of drug-likeness (QED) is 0.504. The molecule has 0 spiro atoms. The van der Waals surface area contributed by atoms with Crippen molar-refractivity contribution in [3.63, 3.8) is 0 Å². The number of benzene rings is 1. The van der Waals surface area contributed by atoms with Crippen LogP contribution < -0.4 is 21.1 Å². The molecule has 1 unspecified atom stereocenters. The summed E-state index contributed by atoms with van der Waals surface area (Å²) >= 11 is 0. The highest BCUT2D eigenvalue weighted by Crippen LogP contribution is 2.42. The van der Waals surface area contributed by atoms with E-state index in [1.165, 1.54) is 11.1 Å². The smallest absolute Gasteiger partial charge is 0.270 e. The third-order valence-electron chi connectivity index (χ3n) is 8.77. The lowest BCUT2D eigenvalue weighted by Gasteiger charge is -2.41. The number of anilines is 1. The predicted molar refractivity (Wildman–Crippen MR) is 145 cm³/mol. The Bertz CT molecular complexity index is 1430. The largest absolute Gasteiger partial charge is 0.365 e. The van der Waals surface area contributed by atoms with Gasteiger partial charge in [0.2, 0.25) is 0 Å². The minimum Gasteiger partial charge on any atom is -0.365 e. The van der Waals surface area contributed by atoms with E-state index in [0.29, 0.717) is 19.1 Å². The topological polar surface area (TPSA) is 105 Å². The number of H-pyrrole nitrogens is 1. The summed E-state index contributed by atoms with van der Waals surface area (Å²) in [5.74, 6) is 0.00222. The Kier molecular flexibility index (Phi) is 6.27. The molecule has 2 saturated heterocycles. The average molecular weight is 501 g/mol. The van der Waals surface area contributed by atoms with Gasteiger partial charge in [-0.15, -0.1) is 0 Å². The molecule has 5 heterocycles. The van der Waals surface area contributed by atoms with E-state index in [-0.39, 0.29) is 23.1 Å². The maximum atomic E-state index is 14.1. The normalized spacial score (nSPS) is 24.4. The maximum absolute atomic E-state index is 14.1. The van der Waals surface area contributed by atoms with E-state index in [2.05, 4.69) is 69.7 Å². The van der Waals surface area contributed by atoms with Gasteiger partial charge >= 0.3 is 0 Å². The van der Waals surface area contributed by atoms with Crippen molar-refractivity contribution in [1.82, 2.24) is 30.3 Å². The number of piperazine rings is 1. The molecular formula is C28H36N8O. The number of hydrogen-bond acceptors (Lipinski definition) is 7. The second-order valence-electron chi connectivity index (χ2n) is 10.9. The molecule has 2 aromatic heterocycles. The number of nitrogens with one attached hydrogen (secondary N) is 3. The molecule has 194 valence electrons. The average Bonchev–Trinajstić information content (AvgIpc) is 3.54. The summed E-state index contributed by atoms with van der Waals surface area (Å²) in [6, 6.07) is 7.09. The van der Waals surface area contributed by atoms with Gasteiger partial charge in [-0.3, -0.25) is 9.89 Å². The van der Waals surface area contributed by atoms with Crippen molar-refractivity contribution in [2.75, 3.05) is 44.7 Å². The van der Waals surface area contributed by atoms with Crippen molar-refractivity contribution >= 4 is 16.6 Å². The molecule has 37 heavy (non-hydrogen) atoms. The number of aryl methyl sites for hydroxylation is 1. The predicted octanol–water partition coefficient (Wildman–Crippen LogP) is 2.03. The fraction of sp³-hybridized carbons (Fsp3) is 0.536. The van der Waals surface area contributed by atoms with Crippen molar-refractivity contribution in [3.8, 4) is 6.07 Å². The first-order valence-electron chi connectivity index (χ1n) is 13.5. The maximum Gasteiger partial charge on any atom is 0.270 e. The zero-order valence-electron chi connectivity index (χ0n) is 22.0. The molecule has 0 radical (unpaired) electrons. The van der Waals surface area contributed by atoms with Crippen molar-refractivity contribution in [2.45, 2.75) is 57.8 Å². The Hall–Kier alpha value is -3.19. The molecule has 0 aliphatic carbocycles. The number of nitrogens with zero attached hydrogens (tertiary/aromatic N) is 5. The fourth-order valence-electron chi connectivity index (χ4n) is 6.81. The zero-order chi connectivity index (χ0) is 25.7. The first-order valence-corrected chi connectivity index (χ1v) is 13.5. The molecule has 3 atom stereocenters. The summed E-state index contributed by atoms with van der Waals surface area (Å²) in [4.78, 5) is 18.7. The highest BCUT2D eigenvalue weighted by atomic mass is 16.1. The molecule has 1 aromatic carbocycles. The Morgan fingerprint density at radius 3 is 2.81 bits per heavy atom. The van der Waals surface area contributed by atoms with Gasteiger partial charge in [0.1, 0.15) is 11.6 Å². The van der Waals surface area contributed by atoms with E-state index >= 15 is 0 Å². The van der Waals surface area contributed by atoms with Crippen LogP contribution in [0.2, 0.25) is 0 Å². The summed E-state index contributed by atoms with van der Waals surface area (Å²) in [5.41, 5.74) is 6.57. The molecular weight excluding hydrogens is 464 g/mol. The number of hydrogen-bond donors (Lipinski definition) is 3. The number of aromatic nitrogens is 3. The van der Waals surface area contributed by atoms with Crippen molar-refractivity contribution in [2.24, 2.45) is 0 Å². The van der Waals surface area contributed by atoms with Gasteiger partial charge in [0, 0.05) is 73.9 Å². The SMILES string of the molecule is Cc1ccc2[nH]ncc2c1C1CNCc2c1c(N1CCNC[C@@H]1C)c(C#N)c(=O)n2C[C@@H]1CCCN1C. The van der Waals surface area contributed by atoms with Crippen LogP contribution in [0.4, 0.5) is 5.69 Å². The van der Waals surface area contributed by atoms with Gasteiger partial charge in [-0.25, -0.2) is 0 Å². The fourth-order valence-corrected chi connectivity index (χ4v) is 6.81. The van der Waals surface area contributed by atoms with Crippen molar-refractivity contribution in [1.29, 1.82) is 5.26 Å². The zero-order valence-corrected chi connectivity index (χ0v) is 22.0. The van der Waals surface area contributed by atoms with Crippen molar-refractivity contribution < 1.29 is 0 Å². The number of fused-ring (bicyclic) bond motifs is 2. The molecule has 9 heteroatoms. The van der Waals surface area contributed by atoms with E-state index in [9.17, 15) is 10.1 Å². The second-order valence-corrected chi connectivity index (χ2v) is 10.9. The number of aromatic amines is 1. The lowest BCUT2D eigenvalue weighted by Crippen LogP contribution is -2.52. The summed E-state index contributed by atoms with van der Waals surface area (Å²) in [6.45, 7) is 9.79. The Morgan fingerprint density at radius 2 is 2.05 bits per heavy atom. The van der Waals surface area contributed by atoms with Gasteiger partial charge in [0.15, 0.2) is 0 Å². The minimum absolute atomic E-state index is 0.00222. The molecule has 3 N–H and O–H groups in total.